The first-order valence-corrected chi connectivity index (χ1v) is 9.91. The molecule has 3 aliphatic heterocycles. The van der Waals surface area contributed by atoms with Crippen LogP contribution < -0.4 is 16.0 Å². The molecule has 2 fully saturated rings. The Morgan fingerprint density at radius 1 is 1.43 bits per heavy atom. The first-order valence-electron chi connectivity index (χ1n) is 9.91. The first kappa shape index (κ1) is 19.8. The van der Waals surface area contributed by atoms with E-state index in [2.05, 4.69) is 22.9 Å². The van der Waals surface area contributed by atoms with Gasteiger partial charge in [0.2, 0.25) is 0 Å². The molecule has 3 heterocycles. The molecule has 0 saturated carbocycles. The molecule has 2 saturated heterocycles. The number of allylic oxidation sites excluding steroid dienone is 3. The summed E-state index contributed by atoms with van der Waals surface area (Å²) in [5, 5.41) is 10.1. The lowest BCUT2D eigenvalue weighted by Gasteiger charge is -2.32. The molecule has 0 radical (unpaired) electrons. The summed E-state index contributed by atoms with van der Waals surface area (Å²) in [6, 6.07) is -0.124. The summed E-state index contributed by atoms with van der Waals surface area (Å²) in [4.78, 5) is 0. The van der Waals surface area contributed by atoms with Crippen molar-refractivity contribution in [3.63, 3.8) is 0 Å². The highest BCUT2D eigenvalue weighted by Gasteiger charge is 2.49. The van der Waals surface area contributed by atoms with Crippen molar-refractivity contribution in [2.45, 2.75) is 56.9 Å². The molecule has 3 N–H and O–H groups in total. The Labute approximate surface area is 164 Å². The maximum absolute atomic E-state index is 13.6. The lowest BCUT2D eigenvalue weighted by atomic mass is 9.90. The smallest absolute Gasteiger partial charge is 0.137 e. The van der Waals surface area contributed by atoms with Crippen LogP contribution in [0.5, 0.6) is 0 Å². The number of halogens is 2. The molecule has 4 rings (SSSR count). The van der Waals surface area contributed by atoms with Crippen molar-refractivity contribution in [2.24, 2.45) is 5.41 Å². The van der Waals surface area contributed by atoms with Gasteiger partial charge in [-0.1, -0.05) is 6.92 Å². The van der Waals surface area contributed by atoms with E-state index in [1.54, 1.807) is 7.11 Å². The Morgan fingerprint density at radius 3 is 3.00 bits per heavy atom. The third-order valence-electron chi connectivity index (χ3n) is 5.77. The zero-order chi connectivity index (χ0) is 19.7. The van der Waals surface area contributed by atoms with Crippen LogP contribution in [0.3, 0.4) is 0 Å². The molecule has 4 aliphatic rings. The Hall–Kier alpha value is -1.48. The van der Waals surface area contributed by atoms with E-state index in [9.17, 15) is 8.78 Å². The van der Waals surface area contributed by atoms with Gasteiger partial charge in [-0.2, -0.15) is 0 Å². The Bertz CT molecular complexity index is 676. The molecule has 1 aliphatic carbocycles. The minimum atomic E-state index is -1.29. The van der Waals surface area contributed by atoms with Gasteiger partial charge in [0.15, 0.2) is 0 Å². The van der Waals surface area contributed by atoms with Gasteiger partial charge in [0.1, 0.15) is 30.1 Å². The van der Waals surface area contributed by atoms with E-state index in [0.717, 1.165) is 31.9 Å². The van der Waals surface area contributed by atoms with Crippen LogP contribution in [0.15, 0.2) is 35.5 Å². The number of alkyl halides is 1. The normalized spacial score (nSPS) is 40.4. The van der Waals surface area contributed by atoms with Crippen LogP contribution in [-0.2, 0) is 14.2 Å². The second kappa shape index (κ2) is 8.10. The number of hydrogen-bond acceptors (Lipinski definition) is 6. The maximum Gasteiger partial charge on any atom is 0.137 e. The summed E-state index contributed by atoms with van der Waals surface area (Å²) in [5.41, 5.74) is 0.607. The summed E-state index contributed by atoms with van der Waals surface area (Å²) in [6.07, 6.45) is 4.72. The average molecular weight is 397 g/mol. The fraction of sp³-hybridized carbons (Fsp3) is 0.700. The van der Waals surface area contributed by atoms with Gasteiger partial charge in [-0.3, -0.25) is 10.6 Å². The van der Waals surface area contributed by atoms with E-state index in [1.807, 2.05) is 6.08 Å². The van der Waals surface area contributed by atoms with E-state index in [1.165, 1.54) is 12.2 Å². The van der Waals surface area contributed by atoms with Crippen LogP contribution in [0.25, 0.3) is 0 Å². The first-order chi connectivity index (χ1) is 13.5. The van der Waals surface area contributed by atoms with Gasteiger partial charge in [-0.05, 0) is 24.6 Å². The third kappa shape index (κ3) is 4.56. The fourth-order valence-electron chi connectivity index (χ4n) is 4.04. The molecule has 0 amide bonds. The van der Waals surface area contributed by atoms with Crippen LogP contribution in [0.1, 0.15) is 26.2 Å². The van der Waals surface area contributed by atoms with Gasteiger partial charge in [0.25, 0.3) is 0 Å². The Morgan fingerprint density at radius 2 is 2.29 bits per heavy atom. The van der Waals surface area contributed by atoms with Crippen molar-refractivity contribution in [1.29, 1.82) is 0 Å². The predicted octanol–water partition coefficient (Wildman–Crippen LogP) is 2.01. The Balaban J connectivity index is 1.33. The van der Waals surface area contributed by atoms with Gasteiger partial charge in [0.05, 0.1) is 25.9 Å². The van der Waals surface area contributed by atoms with E-state index in [4.69, 9.17) is 14.2 Å². The van der Waals surface area contributed by atoms with Crippen LogP contribution in [0.4, 0.5) is 8.78 Å². The molecule has 0 aromatic carbocycles. The lowest BCUT2D eigenvalue weighted by Crippen LogP contribution is -2.53. The van der Waals surface area contributed by atoms with Crippen LogP contribution in [0.2, 0.25) is 0 Å². The second-order valence-electron chi connectivity index (χ2n) is 8.34. The van der Waals surface area contributed by atoms with Crippen molar-refractivity contribution in [1.82, 2.24) is 16.0 Å². The van der Waals surface area contributed by atoms with Crippen LogP contribution >= 0.6 is 0 Å². The minimum Gasteiger partial charge on any atom is -0.500 e. The number of ether oxygens (including phenoxy) is 3. The number of hydrogen-bond donors (Lipinski definition) is 3. The molecule has 6 unspecified atom stereocenters. The van der Waals surface area contributed by atoms with Crippen LogP contribution in [0, 0.1) is 5.41 Å². The highest BCUT2D eigenvalue weighted by molar-refractivity contribution is 5.27. The fourth-order valence-corrected chi connectivity index (χ4v) is 4.04. The number of nitrogens with one attached hydrogen (secondary N) is 3. The molecular formula is C20H29F2N3O3. The molecule has 28 heavy (non-hydrogen) atoms. The predicted molar refractivity (Wildman–Crippen MR) is 101 cm³/mol. The standard InChI is InChI=1S/C20H29F2N3O3/c1-20(5-6-27-11-20)10-23-19-18(28-19)17-15(26-2)3-4-16(25-17)24-14-8-12(21)7-13(22)9-14/h3,8-9,12,16-19,23-25H,4-7,10-11H2,1-2H3. The molecule has 156 valence electrons. The number of epoxide rings is 1. The monoisotopic (exact) mass is 397 g/mol. The van der Waals surface area contributed by atoms with E-state index in [-0.39, 0.29) is 36.4 Å². The van der Waals surface area contributed by atoms with E-state index >= 15 is 0 Å². The van der Waals surface area contributed by atoms with E-state index in [0.29, 0.717) is 12.1 Å². The maximum atomic E-state index is 13.6. The molecule has 0 aromatic heterocycles. The van der Waals surface area contributed by atoms with E-state index < -0.39 is 12.0 Å². The van der Waals surface area contributed by atoms with Gasteiger partial charge in [0, 0.05) is 37.1 Å². The zero-order valence-electron chi connectivity index (χ0n) is 16.3. The molecule has 6 atom stereocenters. The topological polar surface area (TPSA) is 67.1 Å². The van der Waals surface area contributed by atoms with Crippen molar-refractivity contribution >= 4 is 0 Å². The zero-order valence-corrected chi connectivity index (χ0v) is 16.3. The molecule has 0 bridgehead atoms. The Kier molecular flexibility index (Phi) is 5.73. The number of rotatable bonds is 7. The average Bonchev–Trinajstić information content (AvgIpc) is 3.31. The quantitative estimate of drug-likeness (QED) is 0.571. The lowest BCUT2D eigenvalue weighted by molar-refractivity contribution is 0.155. The minimum absolute atomic E-state index is 0.0475. The summed E-state index contributed by atoms with van der Waals surface area (Å²) >= 11 is 0. The summed E-state index contributed by atoms with van der Waals surface area (Å²) < 4.78 is 44.0. The molecule has 6 nitrogen and oxygen atoms in total. The summed E-state index contributed by atoms with van der Waals surface area (Å²) in [7, 11) is 1.64. The third-order valence-corrected chi connectivity index (χ3v) is 5.77. The largest absolute Gasteiger partial charge is 0.500 e. The van der Waals surface area contributed by atoms with Crippen molar-refractivity contribution in [2.75, 3.05) is 26.9 Å². The summed E-state index contributed by atoms with van der Waals surface area (Å²) in [6.45, 7) is 4.63. The second-order valence-corrected chi connectivity index (χ2v) is 8.34. The highest BCUT2D eigenvalue weighted by atomic mass is 19.1. The van der Waals surface area contributed by atoms with Gasteiger partial charge < -0.3 is 19.5 Å². The van der Waals surface area contributed by atoms with Gasteiger partial charge >= 0.3 is 0 Å². The van der Waals surface area contributed by atoms with Crippen molar-refractivity contribution in [3.8, 4) is 0 Å². The molecular weight excluding hydrogens is 368 g/mol. The molecule has 8 heteroatoms. The van der Waals surface area contributed by atoms with Gasteiger partial charge in [-0.15, -0.1) is 0 Å². The summed E-state index contributed by atoms with van der Waals surface area (Å²) in [5.74, 6) is 0.377. The molecule has 0 aromatic rings. The number of methoxy groups -OCH3 is 1. The molecule has 0 spiro atoms. The van der Waals surface area contributed by atoms with Crippen LogP contribution in [-0.4, -0.2) is 57.6 Å². The van der Waals surface area contributed by atoms with Crippen molar-refractivity contribution in [3.05, 3.63) is 35.5 Å². The van der Waals surface area contributed by atoms with Gasteiger partial charge in [-0.25, -0.2) is 8.78 Å². The SMILES string of the molecule is COC1=CCC(NC2=CC(F)CC(F)=C2)NC1C1OC1NCC1(C)CCOC1. The highest BCUT2D eigenvalue weighted by Crippen LogP contribution is 2.33. The van der Waals surface area contributed by atoms with Crippen molar-refractivity contribution < 1.29 is 23.0 Å².